The van der Waals surface area contributed by atoms with Crippen LogP contribution in [0.4, 0.5) is 4.79 Å². The first-order chi connectivity index (χ1) is 7.59. The van der Waals surface area contributed by atoms with Crippen LogP contribution >= 0.6 is 0 Å². The first kappa shape index (κ1) is 13.3. The van der Waals surface area contributed by atoms with Crippen LogP contribution < -0.4 is 0 Å². The third-order valence-electron chi connectivity index (χ3n) is 2.74. The van der Waals surface area contributed by atoms with Gasteiger partial charge in [0.1, 0.15) is 0 Å². The second-order valence-corrected chi connectivity index (χ2v) is 4.56. The molecule has 1 aliphatic rings. The Morgan fingerprint density at radius 2 is 1.88 bits per heavy atom. The third-order valence-corrected chi connectivity index (χ3v) is 2.74. The van der Waals surface area contributed by atoms with Crippen molar-refractivity contribution in [1.82, 2.24) is 14.7 Å². The molecule has 0 saturated carbocycles. The summed E-state index contributed by atoms with van der Waals surface area (Å²) < 4.78 is 5.21. The molecule has 0 aromatic heterocycles. The zero-order chi connectivity index (χ0) is 12.0. The molecule has 16 heavy (non-hydrogen) atoms. The number of ether oxygens (including phenoxy) is 1. The minimum absolute atomic E-state index is 0.160. The van der Waals surface area contributed by atoms with Gasteiger partial charge < -0.3 is 19.4 Å². The van der Waals surface area contributed by atoms with Crippen LogP contribution in [-0.2, 0) is 4.74 Å². The maximum Gasteiger partial charge on any atom is 0.409 e. The minimum atomic E-state index is -0.160. The topological polar surface area (TPSA) is 36.0 Å². The highest BCUT2D eigenvalue weighted by molar-refractivity contribution is 5.67. The van der Waals surface area contributed by atoms with E-state index in [1.807, 2.05) is 14.1 Å². The second-order valence-electron chi connectivity index (χ2n) is 4.56. The maximum absolute atomic E-state index is 11.6. The Balaban J connectivity index is 2.10. The van der Waals surface area contributed by atoms with Crippen molar-refractivity contribution in [3.8, 4) is 0 Å². The molecular formula is C11H23N3O2. The van der Waals surface area contributed by atoms with E-state index >= 15 is 0 Å². The van der Waals surface area contributed by atoms with Crippen LogP contribution in [-0.4, -0.2) is 81.3 Å². The van der Waals surface area contributed by atoms with Crippen LogP contribution in [0.5, 0.6) is 0 Å². The van der Waals surface area contributed by atoms with Crippen LogP contribution in [0.25, 0.3) is 0 Å². The highest BCUT2D eigenvalue weighted by atomic mass is 16.6. The van der Waals surface area contributed by atoms with Gasteiger partial charge in [0.2, 0.25) is 0 Å². The van der Waals surface area contributed by atoms with E-state index in [2.05, 4.69) is 16.8 Å². The molecular weight excluding hydrogens is 206 g/mol. The second kappa shape index (κ2) is 6.70. The summed E-state index contributed by atoms with van der Waals surface area (Å²) in [6.07, 6.45) is 0.735. The van der Waals surface area contributed by atoms with Crippen molar-refractivity contribution in [2.75, 3.05) is 60.5 Å². The Labute approximate surface area is 97.9 Å². The summed E-state index contributed by atoms with van der Waals surface area (Å²) in [7, 11) is 6.10. The van der Waals surface area contributed by atoms with Crippen molar-refractivity contribution in [1.29, 1.82) is 0 Å². The number of rotatable bonds is 4. The molecule has 1 heterocycles. The molecule has 5 nitrogen and oxygen atoms in total. The zero-order valence-corrected chi connectivity index (χ0v) is 10.6. The number of carbonyl (C=O) groups is 1. The minimum Gasteiger partial charge on any atom is -0.449 e. The number of nitrogens with zero attached hydrogens (tertiary/aromatic N) is 3. The molecule has 0 spiro atoms. The van der Waals surface area contributed by atoms with Gasteiger partial charge in [-0.15, -0.1) is 0 Å². The Morgan fingerprint density at radius 3 is 2.44 bits per heavy atom. The molecule has 1 saturated heterocycles. The molecule has 0 aromatic carbocycles. The Morgan fingerprint density at radius 1 is 1.25 bits per heavy atom. The van der Waals surface area contributed by atoms with Crippen molar-refractivity contribution in [2.24, 2.45) is 0 Å². The summed E-state index contributed by atoms with van der Waals surface area (Å²) in [5, 5.41) is 0. The van der Waals surface area contributed by atoms with Crippen LogP contribution in [0.15, 0.2) is 0 Å². The quantitative estimate of drug-likeness (QED) is 0.651. The number of piperazine rings is 1. The van der Waals surface area contributed by atoms with Crippen molar-refractivity contribution in [3.63, 3.8) is 0 Å². The van der Waals surface area contributed by atoms with Gasteiger partial charge in [-0.05, 0) is 27.6 Å². The summed E-state index contributed by atoms with van der Waals surface area (Å²) in [6, 6.07) is 0. The van der Waals surface area contributed by atoms with Crippen molar-refractivity contribution in [2.45, 2.75) is 6.42 Å². The first-order valence-corrected chi connectivity index (χ1v) is 5.84. The molecule has 1 amide bonds. The largest absolute Gasteiger partial charge is 0.449 e. The lowest BCUT2D eigenvalue weighted by molar-refractivity contribution is 0.0796. The molecule has 5 heteroatoms. The number of hydrogen-bond acceptors (Lipinski definition) is 4. The number of carbonyl (C=O) groups excluding carboxylic acids is 1. The van der Waals surface area contributed by atoms with Gasteiger partial charge in [0.25, 0.3) is 0 Å². The molecule has 1 aliphatic heterocycles. The van der Waals surface area contributed by atoms with Gasteiger partial charge in [0.05, 0.1) is 6.61 Å². The number of likely N-dealkylation sites (N-methyl/N-ethyl adjacent to an activating group) is 1. The van der Waals surface area contributed by atoms with Crippen LogP contribution in [0.1, 0.15) is 6.42 Å². The van der Waals surface area contributed by atoms with Crippen molar-refractivity contribution >= 4 is 6.09 Å². The fraction of sp³-hybridized carbons (Fsp3) is 0.909. The lowest BCUT2D eigenvalue weighted by Crippen LogP contribution is -2.47. The van der Waals surface area contributed by atoms with Crippen molar-refractivity contribution in [3.05, 3.63) is 0 Å². The summed E-state index contributed by atoms with van der Waals surface area (Å²) in [6.45, 7) is 4.91. The SMILES string of the molecule is CN(C)CCCOC(=O)N1CCN(C)CC1. The van der Waals surface area contributed by atoms with Gasteiger partial charge in [0, 0.05) is 32.7 Å². The normalized spacial score (nSPS) is 17.9. The summed E-state index contributed by atoms with van der Waals surface area (Å²) in [4.78, 5) is 17.7. The smallest absolute Gasteiger partial charge is 0.409 e. The summed E-state index contributed by atoms with van der Waals surface area (Å²) in [5.74, 6) is 0. The molecule has 0 N–H and O–H groups in total. The van der Waals surface area contributed by atoms with Gasteiger partial charge in [-0.1, -0.05) is 0 Å². The first-order valence-electron chi connectivity index (χ1n) is 5.84. The third kappa shape index (κ3) is 4.81. The van der Waals surface area contributed by atoms with E-state index in [0.29, 0.717) is 6.61 Å². The molecule has 94 valence electrons. The molecule has 1 rings (SSSR count). The number of hydrogen-bond donors (Lipinski definition) is 0. The van der Waals surface area contributed by atoms with Crippen LogP contribution in [0.2, 0.25) is 0 Å². The average Bonchev–Trinajstić information content (AvgIpc) is 2.25. The highest BCUT2D eigenvalue weighted by Crippen LogP contribution is 2.02. The fourth-order valence-electron chi connectivity index (χ4n) is 1.62. The zero-order valence-electron chi connectivity index (χ0n) is 10.6. The molecule has 0 bridgehead atoms. The van der Waals surface area contributed by atoms with E-state index in [1.54, 1.807) is 4.90 Å². The predicted octanol–water partition coefficient (Wildman–Crippen LogP) is 0.322. The predicted molar refractivity (Wildman–Crippen MR) is 63.6 cm³/mol. The molecule has 0 aromatic rings. The van der Waals surface area contributed by atoms with Crippen molar-refractivity contribution < 1.29 is 9.53 Å². The fourth-order valence-corrected chi connectivity index (χ4v) is 1.62. The highest BCUT2D eigenvalue weighted by Gasteiger charge is 2.19. The van der Waals surface area contributed by atoms with Crippen LogP contribution in [0, 0.1) is 0 Å². The van der Waals surface area contributed by atoms with E-state index in [0.717, 1.165) is 39.1 Å². The van der Waals surface area contributed by atoms with Gasteiger partial charge in [0.15, 0.2) is 0 Å². The molecule has 1 fully saturated rings. The van der Waals surface area contributed by atoms with Gasteiger partial charge in [-0.3, -0.25) is 0 Å². The van der Waals surface area contributed by atoms with E-state index in [1.165, 1.54) is 0 Å². The van der Waals surface area contributed by atoms with Gasteiger partial charge in [-0.2, -0.15) is 0 Å². The lowest BCUT2D eigenvalue weighted by Gasteiger charge is -2.31. The standard InChI is InChI=1S/C11H23N3O2/c1-12(2)5-4-10-16-11(15)14-8-6-13(3)7-9-14/h4-10H2,1-3H3. The Bertz CT molecular complexity index is 213. The van der Waals surface area contributed by atoms with E-state index in [-0.39, 0.29) is 6.09 Å². The summed E-state index contributed by atoms with van der Waals surface area (Å²) >= 11 is 0. The van der Waals surface area contributed by atoms with E-state index < -0.39 is 0 Å². The molecule has 0 atom stereocenters. The number of amides is 1. The van der Waals surface area contributed by atoms with E-state index in [4.69, 9.17) is 4.74 Å². The molecule has 0 unspecified atom stereocenters. The van der Waals surface area contributed by atoms with Gasteiger partial charge in [-0.25, -0.2) is 4.79 Å². The van der Waals surface area contributed by atoms with Crippen LogP contribution in [0.3, 0.4) is 0 Å². The maximum atomic E-state index is 11.6. The van der Waals surface area contributed by atoms with E-state index in [9.17, 15) is 4.79 Å². The lowest BCUT2D eigenvalue weighted by atomic mass is 10.3. The van der Waals surface area contributed by atoms with Gasteiger partial charge >= 0.3 is 6.09 Å². The molecule has 0 aliphatic carbocycles. The monoisotopic (exact) mass is 229 g/mol. The Kier molecular flexibility index (Phi) is 5.55. The summed E-state index contributed by atoms with van der Waals surface area (Å²) in [5.41, 5.74) is 0. The average molecular weight is 229 g/mol. The molecule has 0 radical (unpaired) electrons. The Hall–Kier alpha value is -0.810.